The summed E-state index contributed by atoms with van der Waals surface area (Å²) < 4.78 is 6.78. The second-order valence-electron chi connectivity index (χ2n) is 16.0. The molecular formula is C55H36O. The van der Waals surface area contributed by atoms with Gasteiger partial charge in [-0.25, -0.2) is 0 Å². The summed E-state index contributed by atoms with van der Waals surface area (Å²) >= 11 is 0. The molecule has 1 aliphatic rings. The summed E-state index contributed by atoms with van der Waals surface area (Å²) in [5, 5.41) is 12.4. The van der Waals surface area contributed by atoms with Crippen LogP contribution in [0.4, 0.5) is 0 Å². The molecule has 262 valence electrons. The van der Waals surface area contributed by atoms with Crippen LogP contribution in [0.2, 0.25) is 0 Å². The first kappa shape index (κ1) is 31.4. The lowest BCUT2D eigenvalue weighted by Crippen LogP contribution is -2.15. The molecule has 0 amide bonds. The molecule has 0 fully saturated rings. The molecule has 11 aromatic rings. The third-order valence-corrected chi connectivity index (χ3v) is 12.6. The molecule has 0 atom stereocenters. The summed E-state index contributed by atoms with van der Waals surface area (Å²) in [5.41, 5.74) is 14.3. The highest BCUT2D eigenvalue weighted by Crippen LogP contribution is 2.54. The van der Waals surface area contributed by atoms with E-state index in [1.807, 2.05) is 0 Å². The van der Waals surface area contributed by atoms with Crippen LogP contribution in [0.25, 0.3) is 110 Å². The smallest absolute Gasteiger partial charge is 0.140 e. The summed E-state index contributed by atoms with van der Waals surface area (Å²) in [4.78, 5) is 0. The number of hydrogen-bond acceptors (Lipinski definition) is 1. The predicted molar refractivity (Wildman–Crippen MR) is 238 cm³/mol. The average molecular weight is 713 g/mol. The Morgan fingerprint density at radius 2 is 0.929 bits per heavy atom. The first-order valence-electron chi connectivity index (χ1n) is 19.6. The lowest BCUT2D eigenvalue weighted by Gasteiger charge is -2.22. The number of fused-ring (bicyclic) bond motifs is 12. The quantitative estimate of drug-likeness (QED) is 0.166. The minimum absolute atomic E-state index is 0.244. The molecule has 1 heterocycles. The van der Waals surface area contributed by atoms with Crippen LogP contribution >= 0.6 is 0 Å². The fourth-order valence-electron chi connectivity index (χ4n) is 10.0. The monoisotopic (exact) mass is 712 g/mol. The van der Waals surface area contributed by atoms with Crippen molar-refractivity contribution in [2.45, 2.75) is 19.3 Å². The first-order chi connectivity index (χ1) is 27.5. The molecule has 10 aromatic carbocycles. The molecule has 0 saturated carbocycles. The highest BCUT2D eigenvalue weighted by molar-refractivity contribution is 6.22. The van der Waals surface area contributed by atoms with E-state index < -0.39 is 0 Å². The number of hydrogen-bond donors (Lipinski definition) is 0. The highest BCUT2D eigenvalue weighted by atomic mass is 16.3. The first-order valence-corrected chi connectivity index (χ1v) is 19.6. The third-order valence-electron chi connectivity index (χ3n) is 12.6. The number of furan rings is 1. The largest absolute Gasteiger partial charge is 0.456 e. The Morgan fingerprint density at radius 3 is 1.66 bits per heavy atom. The zero-order valence-corrected chi connectivity index (χ0v) is 31.2. The molecule has 1 nitrogen and oxygen atoms in total. The molecule has 0 aliphatic heterocycles. The van der Waals surface area contributed by atoms with E-state index in [9.17, 15) is 0 Å². The Kier molecular flexibility index (Phi) is 6.46. The predicted octanol–water partition coefficient (Wildman–Crippen LogP) is 15.5. The van der Waals surface area contributed by atoms with Crippen LogP contribution in [0.1, 0.15) is 25.0 Å². The molecule has 1 aromatic heterocycles. The topological polar surface area (TPSA) is 13.1 Å². The fraction of sp³-hybridized carbons (Fsp3) is 0.0545. The SMILES string of the molecule is CC1(C)c2cc(-c3cccc(-c4c5ccccc5c(-c5ccc6ccccc6c5)c5ccccc45)c3)ccc2-c2ccc3c(oc4ccc5ccccc5c43)c21. The molecular weight excluding hydrogens is 677 g/mol. The van der Waals surface area contributed by atoms with E-state index in [1.54, 1.807) is 0 Å². The molecule has 0 N–H and O–H groups in total. The van der Waals surface area contributed by atoms with Crippen LogP contribution in [0.3, 0.4) is 0 Å². The zero-order valence-electron chi connectivity index (χ0n) is 31.2. The van der Waals surface area contributed by atoms with Crippen LogP contribution in [0, 0.1) is 0 Å². The van der Waals surface area contributed by atoms with E-state index in [0.717, 1.165) is 11.2 Å². The fourth-order valence-corrected chi connectivity index (χ4v) is 10.0. The van der Waals surface area contributed by atoms with Crippen LogP contribution in [0.5, 0.6) is 0 Å². The molecule has 1 heteroatoms. The van der Waals surface area contributed by atoms with Gasteiger partial charge in [0.1, 0.15) is 11.2 Å². The molecule has 0 unspecified atom stereocenters. The van der Waals surface area contributed by atoms with Gasteiger partial charge in [-0.2, -0.15) is 0 Å². The zero-order chi connectivity index (χ0) is 37.1. The molecule has 0 spiro atoms. The van der Waals surface area contributed by atoms with Gasteiger partial charge in [-0.15, -0.1) is 0 Å². The Hall–Kier alpha value is -6.96. The Labute approximate surface area is 325 Å². The van der Waals surface area contributed by atoms with Crippen molar-refractivity contribution in [3.8, 4) is 44.5 Å². The Morgan fingerprint density at radius 1 is 0.375 bits per heavy atom. The average Bonchev–Trinajstić information content (AvgIpc) is 3.74. The lowest BCUT2D eigenvalue weighted by atomic mass is 9.80. The van der Waals surface area contributed by atoms with Crippen molar-refractivity contribution in [3.63, 3.8) is 0 Å². The van der Waals surface area contributed by atoms with Gasteiger partial charge in [0.15, 0.2) is 0 Å². The summed E-state index contributed by atoms with van der Waals surface area (Å²) in [5.74, 6) is 0. The van der Waals surface area contributed by atoms with E-state index in [2.05, 4.69) is 196 Å². The third kappa shape index (κ3) is 4.37. The van der Waals surface area contributed by atoms with Crippen molar-refractivity contribution in [1.82, 2.24) is 0 Å². The van der Waals surface area contributed by atoms with Crippen LogP contribution < -0.4 is 0 Å². The Balaban J connectivity index is 1.01. The number of rotatable bonds is 3. The van der Waals surface area contributed by atoms with E-state index in [0.29, 0.717) is 0 Å². The van der Waals surface area contributed by atoms with Crippen molar-refractivity contribution in [2.75, 3.05) is 0 Å². The molecule has 1 aliphatic carbocycles. The summed E-state index contributed by atoms with van der Waals surface area (Å²) in [6.45, 7) is 4.72. The van der Waals surface area contributed by atoms with Crippen molar-refractivity contribution in [3.05, 3.63) is 193 Å². The maximum atomic E-state index is 6.78. The van der Waals surface area contributed by atoms with Gasteiger partial charge in [0.25, 0.3) is 0 Å². The van der Waals surface area contributed by atoms with Crippen molar-refractivity contribution < 1.29 is 4.42 Å². The van der Waals surface area contributed by atoms with Crippen LogP contribution in [-0.4, -0.2) is 0 Å². The van der Waals surface area contributed by atoms with Gasteiger partial charge in [0, 0.05) is 21.8 Å². The highest BCUT2D eigenvalue weighted by Gasteiger charge is 2.39. The molecule has 0 saturated heterocycles. The van der Waals surface area contributed by atoms with Crippen LogP contribution in [-0.2, 0) is 5.41 Å². The van der Waals surface area contributed by atoms with Gasteiger partial charge in [-0.3, -0.25) is 0 Å². The summed E-state index contributed by atoms with van der Waals surface area (Å²) in [6, 6.07) is 67.1. The summed E-state index contributed by atoms with van der Waals surface area (Å²) in [6.07, 6.45) is 0. The minimum atomic E-state index is -0.244. The van der Waals surface area contributed by atoms with E-state index in [-0.39, 0.29) is 5.41 Å². The van der Waals surface area contributed by atoms with E-state index >= 15 is 0 Å². The van der Waals surface area contributed by atoms with Gasteiger partial charge in [-0.05, 0) is 123 Å². The maximum absolute atomic E-state index is 6.78. The van der Waals surface area contributed by atoms with Gasteiger partial charge < -0.3 is 4.42 Å². The second kappa shape index (κ2) is 11.5. The normalized spacial score (nSPS) is 13.3. The molecule has 0 bridgehead atoms. The lowest BCUT2D eigenvalue weighted by molar-refractivity contribution is 0.620. The number of benzene rings is 10. The summed E-state index contributed by atoms with van der Waals surface area (Å²) in [7, 11) is 0. The second-order valence-corrected chi connectivity index (χ2v) is 16.0. The standard InChI is InChI=1S/C55H36O/c1-55(2)48-32-37(24-26-41(48)46-27-28-47-52-40-17-6-5-13-34(40)25-29-49(52)56-54(47)53(46)55)36-15-11-16-38(31-36)50-42-18-7-9-20-44(42)51(45-21-10-8-19-43(45)50)39-23-22-33-12-3-4-14-35(33)30-39/h3-32H,1-2H3. The van der Waals surface area contributed by atoms with Gasteiger partial charge in [0.2, 0.25) is 0 Å². The van der Waals surface area contributed by atoms with Gasteiger partial charge in [-0.1, -0.05) is 166 Å². The molecule has 0 radical (unpaired) electrons. The van der Waals surface area contributed by atoms with Gasteiger partial charge >= 0.3 is 0 Å². The van der Waals surface area contributed by atoms with Gasteiger partial charge in [0.05, 0.1) is 0 Å². The molecule has 56 heavy (non-hydrogen) atoms. The van der Waals surface area contributed by atoms with Crippen molar-refractivity contribution in [1.29, 1.82) is 0 Å². The Bertz CT molecular complexity index is 3390. The minimum Gasteiger partial charge on any atom is -0.456 e. The molecule has 12 rings (SSSR count). The van der Waals surface area contributed by atoms with Crippen LogP contribution in [0.15, 0.2) is 186 Å². The van der Waals surface area contributed by atoms with Crippen molar-refractivity contribution in [2.24, 2.45) is 0 Å². The van der Waals surface area contributed by atoms with E-state index in [4.69, 9.17) is 4.42 Å². The maximum Gasteiger partial charge on any atom is 0.140 e. The van der Waals surface area contributed by atoms with E-state index in [1.165, 1.54) is 109 Å². The van der Waals surface area contributed by atoms with Crippen molar-refractivity contribution >= 4 is 65.0 Å².